The number of halogens is 1. The van der Waals surface area contributed by atoms with Crippen LogP contribution in [0.4, 0.5) is 0 Å². The Morgan fingerprint density at radius 3 is 1.95 bits per heavy atom. The molecule has 0 unspecified atom stereocenters. The van der Waals surface area contributed by atoms with Gasteiger partial charge in [-0.05, 0) is 68.1 Å². The van der Waals surface area contributed by atoms with Crippen LogP contribution in [0.15, 0.2) is 59.9 Å². The predicted octanol–water partition coefficient (Wildman–Crippen LogP) is 5.93. The maximum atomic E-state index is 11.2. The summed E-state index contributed by atoms with van der Waals surface area (Å²) in [6.07, 6.45) is 11.8. The Bertz CT molecular complexity index is 1640. The molecule has 0 amide bonds. The number of hydrogen-bond donors (Lipinski definition) is 0. The number of carbonyl (C=O) groups is 2. The molecular formula is C29H27ClN6O2S. The van der Waals surface area contributed by atoms with Crippen molar-refractivity contribution in [1.82, 2.24) is 29.2 Å². The zero-order valence-corrected chi connectivity index (χ0v) is 22.8. The van der Waals surface area contributed by atoms with Gasteiger partial charge in [-0.25, -0.2) is 19.0 Å². The molecule has 0 bridgehead atoms. The lowest BCUT2D eigenvalue weighted by atomic mass is 10.2. The number of thioether (sulfide) groups is 1. The van der Waals surface area contributed by atoms with Crippen molar-refractivity contribution < 1.29 is 9.59 Å². The molecule has 4 heterocycles. The minimum Gasteiger partial charge on any atom is -0.298 e. The van der Waals surface area contributed by atoms with Crippen molar-refractivity contribution in [1.29, 1.82) is 0 Å². The van der Waals surface area contributed by atoms with Crippen molar-refractivity contribution in [3.63, 3.8) is 0 Å². The Hall–Kier alpha value is -3.56. The number of hydrogen-bond acceptors (Lipinski definition) is 7. The fourth-order valence-corrected chi connectivity index (χ4v) is 5.61. The van der Waals surface area contributed by atoms with Crippen LogP contribution in [-0.2, 0) is 18.6 Å². The molecule has 0 radical (unpaired) electrons. The zero-order valence-electron chi connectivity index (χ0n) is 21.2. The van der Waals surface area contributed by atoms with E-state index in [1.807, 2.05) is 28.8 Å². The zero-order chi connectivity index (χ0) is 26.8. The maximum absolute atomic E-state index is 11.2. The summed E-state index contributed by atoms with van der Waals surface area (Å²) in [4.78, 5) is 30.8. The number of carbonyl (C=O) groups excluding carboxylic acids is 2. The second-order valence-corrected chi connectivity index (χ2v) is 11.5. The van der Waals surface area contributed by atoms with Gasteiger partial charge in [0.1, 0.15) is 10.2 Å². The lowest BCUT2D eigenvalue weighted by Crippen LogP contribution is -2.03. The molecule has 2 aliphatic rings. The number of nitrogens with zero attached hydrogens (tertiary/aromatic N) is 6. The van der Waals surface area contributed by atoms with Crippen molar-refractivity contribution in [2.75, 3.05) is 0 Å². The van der Waals surface area contributed by atoms with Gasteiger partial charge in [-0.2, -0.15) is 10.2 Å². The molecule has 0 N–H and O–H groups in total. The molecule has 39 heavy (non-hydrogen) atoms. The van der Waals surface area contributed by atoms with Crippen LogP contribution < -0.4 is 0 Å². The average Bonchev–Trinajstić information content (AvgIpc) is 3.87. The smallest absolute Gasteiger partial charge is 0.167 e. The van der Waals surface area contributed by atoms with E-state index in [1.165, 1.54) is 37.4 Å². The van der Waals surface area contributed by atoms with Gasteiger partial charge in [-0.15, -0.1) is 11.8 Å². The van der Waals surface area contributed by atoms with Gasteiger partial charge in [-0.1, -0.05) is 41.9 Å². The largest absolute Gasteiger partial charge is 0.298 e. The van der Waals surface area contributed by atoms with E-state index in [1.54, 1.807) is 22.5 Å². The highest BCUT2D eigenvalue weighted by molar-refractivity contribution is 7.98. The molecule has 2 saturated carbocycles. The van der Waals surface area contributed by atoms with Crippen molar-refractivity contribution in [2.45, 2.75) is 49.3 Å². The van der Waals surface area contributed by atoms with Crippen molar-refractivity contribution in [3.05, 3.63) is 88.1 Å². The van der Waals surface area contributed by atoms with E-state index in [9.17, 15) is 9.59 Å². The van der Waals surface area contributed by atoms with Crippen LogP contribution in [0.1, 0.15) is 63.4 Å². The second-order valence-electron chi connectivity index (χ2n) is 10.1. The molecular weight excluding hydrogens is 532 g/mol. The van der Waals surface area contributed by atoms with Crippen LogP contribution in [0.5, 0.6) is 0 Å². The number of rotatable bonds is 9. The first kappa shape index (κ1) is 25.7. The fourth-order valence-electron chi connectivity index (χ4n) is 4.52. The van der Waals surface area contributed by atoms with Crippen molar-refractivity contribution >= 4 is 47.2 Å². The summed E-state index contributed by atoms with van der Waals surface area (Å²) in [6, 6.07) is 14.3. The van der Waals surface area contributed by atoms with E-state index >= 15 is 0 Å². The molecule has 4 aromatic heterocycles. The SMILES string of the molecule is O=Cc1cnn2c(CC3CC3)cc(Cl)nc12.O=Cc1cnn2c(CC3CC3)cc(SCc3ccccc3)nc12. The molecule has 0 atom stereocenters. The third kappa shape index (κ3) is 6.04. The lowest BCUT2D eigenvalue weighted by Gasteiger charge is -2.08. The van der Waals surface area contributed by atoms with E-state index in [0.717, 1.165) is 59.4 Å². The number of benzene rings is 1. The van der Waals surface area contributed by atoms with Crippen LogP contribution in [0, 0.1) is 11.8 Å². The number of fused-ring (bicyclic) bond motifs is 2. The summed E-state index contributed by atoms with van der Waals surface area (Å²) in [5.74, 6) is 2.37. The van der Waals surface area contributed by atoms with E-state index in [0.29, 0.717) is 27.6 Å². The molecule has 10 heteroatoms. The number of aromatic nitrogens is 6. The Balaban J connectivity index is 0.000000151. The molecule has 7 rings (SSSR count). The normalized spacial score (nSPS) is 14.8. The topological polar surface area (TPSA) is 94.5 Å². The summed E-state index contributed by atoms with van der Waals surface area (Å²) in [7, 11) is 0. The minimum atomic E-state index is 0.423. The van der Waals surface area contributed by atoms with Crippen molar-refractivity contribution in [2.24, 2.45) is 11.8 Å². The van der Waals surface area contributed by atoms with E-state index in [4.69, 9.17) is 11.6 Å². The first-order chi connectivity index (χ1) is 19.1. The van der Waals surface area contributed by atoms with E-state index < -0.39 is 0 Å². The summed E-state index contributed by atoms with van der Waals surface area (Å²) < 4.78 is 3.54. The summed E-state index contributed by atoms with van der Waals surface area (Å²) in [5.41, 5.74) is 5.73. The van der Waals surface area contributed by atoms with Crippen LogP contribution in [0.25, 0.3) is 11.3 Å². The standard InChI is InChI=1S/C18H17N3OS.C11H10ClN3O/c22-11-15-10-19-21-16(8-13-6-7-13)9-17(20-18(15)21)23-12-14-4-2-1-3-5-14;12-10-4-9(3-7-1-2-7)15-11(14-10)8(6-16)5-13-15/h1-5,9-11,13H,6-8,12H2;4-7H,1-3H2. The molecule has 198 valence electrons. The quantitative estimate of drug-likeness (QED) is 0.126. The van der Waals surface area contributed by atoms with Gasteiger partial charge in [-0.3, -0.25) is 9.59 Å². The molecule has 8 nitrogen and oxygen atoms in total. The second kappa shape index (κ2) is 11.3. The molecule has 0 aliphatic heterocycles. The summed E-state index contributed by atoms with van der Waals surface area (Å²) >= 11 is 7.65. The van der Waals surface area contributed by atoms with Crippen LogP contribution in [-0.4, -0.2) is 41.8 Å². The van der Waals surface area contributed by atoms with Gasteiger partial charge in [0.2, 0.25) is 0 Å². The highest BCUT2D eigenvalue weighted by Gasteiger charge is 2.25. The monoisotopic (exact) mass is 558 g/mol. The lowest BCUT2D eigenvalue weighted by molar-refractivity contribution is 0.111. The molecule has 0 saturated heterocycles. The van der Waals surface area contributed by atoms with Gasteiger partial charge in [0.15, 0.2) is 23.9 Å². The third-order valence-corrected chi connectivity index (χ3v) is 8.14. The van der Waals surface area contributed by atoms with Gasteiger partial charge in [0.25, 0.3) is 0 Å². The van der Waals surface area contributed by atoms with E-state index in [2.05, 4.69) is 38.4 Å². The minimum absolute atomic E-state index is 0.423. The maximum Gasteiger partial charge on any atom is 0.167 e. The van der Waals surface area contributed by atoms with Gasteiger partial charge in [0, 0.05) is 17.1 Å². The van der Waals surface area contributed by atoms with Gasteiger partial charge < -0.3 is 0 Å². The van der Waals surface area contributed by atoms with Crippen molar-refractivity contribution in [3.8, 4) is 0 Å². The Morgan fingerprint density at radius 1 is 0.821 bits per heavy atom. The Labute approximate surface area is 234 Å². The highest BCUT2D eigenvalue weighted by Crippen LogP contribution is 2.34. The van der Waals surface area contributed by atoms with E-state index in [-0.39, 0.29) is 0 Å². The summed E-state index contributed by atoms with van der Waals surface area (Å²) in [5, 5.41) is 9.90. The van der Waals surface area contributed by atoms with Crippen LogP contribution in [0.3, 0.4) is 0 Å². The molecule has 2 fully saturated rings. The predicted molar refractivity (Wildman–Crippen MR) is 151 cm³/mol. The van der Waals surface area contributed by atoms with Gasteiger partial charge in [0.05, 0.1) is 23.5 Å². The Morgan fingerprint density at radius 2 is 1.38 bits per heavy atom. The molecule has 2 aliphatic carbocycles. The third-order valence-electron chi connectivity index (χ3n) is 6.96. The first-order valence-electron chi connectivity index (χ1n) is 13.1. The average molecular weight is 559 g/mol. The highest BCUT2D eigenvalue weighted by atomic mass is 35.5. The van der Waals surface area contributed by atoms with Crippen LogP contribution in [0.2, 0.25) is 5.15 Å². The molecule has 0 spiro atoms. The van der Waals surface area contributed by atoms with Crippen LogP contribution >= 0.6 is 23.4 Å². The van der Waals surface area contributed by atoms with Gasteiger partial charge >= 0.3 is 0 Å². The summed E-state index contributed by atoms with van der Waals surface area (Å²) in [6.45, 7) is 0. The fraction of sp³-hybridized carbons (Fsp3) is 0.310. The number of aldehydes is 2. The molecule has 1 aromatic carbocycles. The Kier molecular flexibility index (Phi) is 7.43. The molecule has 5 aromatic rings. The first-order valence-corrected chi connectivity index (χ1v) is 14.5.